The quantitative estimate of drug-likeness (QED) is 0.160. The molecule has 156 valence electrons. The molecule has 0 aliphatic heterocycles. The van der Waals surface area contributed by atoms with Crippen LogP contribution in [0.5, 0.6) is 0 Å². The molecule has 10 heteroatoms. The molecule has 0 saturated carbocycles. The smallest absolute Gasteiger partial charge is 0.214 e. The van der Waals surface area contributed by atoms with E-state index in [1.165, 1.54) is 23.5 Å². The molecule has 0 bridgehead atoms. The fourth-order valence-electron chi connectivity index (χ4n) is 1.35. The molecule has 0 radical (unpaired) electrons. The molecule has 0 aliphatic carbocycles. The zero-order chi connectivity index (χ0) is 20.7. The zero-order valence-electron chi connectivity index (χ0n) is 15.9. The van der Waals surface area contributed by atoms with Crippen LogP contribution in [0.4, 0.5) is 0 Å². The van der Waals surface area contributed by atoms with Crippen molar-refractivity contribution < 1.29 is 14.5 Å². The van der Waals surface area contributed by atoms with Gasteiger partial charge in [0.1, 0.15) is 5.52 Å². The maximum Gasteiger partial charge on any atom is 0.214 e. The lowest BCUT2D eigenvalue weighted by Gasteiger charge is -2.15. The first-order valence-corrected chi connectivity index (χ1v) is 17.6. The number of hydrogen-bond acceptors (Lipinski definition) is 9. The van der Waals surface area contributed by atoms with Gasteiger partial charge in [-0.1, -0.05) is 65.7 Å². The number of hydrogen-bond donors (Lipinski definition) is 1. The Morgan fingerprint density at radius 1 is 0.741 bits per heavy atom. The molecule has 3 nitrogen and oxygen atoms in total. The predicted octanol–water partition coefficient (Wildman–Crippen LogP) is 5.78. The monoisotopic (exact) mass is 504 g/mol. The van der Waals surface area contributed by atoms with Crippen LogP contribution in [0.3, 0.4) is 0 Å². The fraction of sp³-hybridized carbons (Fsp3) is 0.588. The van der Waals surface area contributed by atoms with Crippen molar-refractivity contribution in [1.29, 1.82) is 0 Å². The molecule has 0 amide bonds. The lowest BCUT2D eigenvalue weighted by Crippen LogP contribution is -1.96. The third kappa shape index (κ3) is 17.7. The minimum Gasteiger partial charge on any atom is -0.358 e. The standard InChI is InChI=1S/C17H29O3PS6/c1-14(2)16(18)24-10-6-22-8-12-26-21(5,20)27-13-9-23-7-11-25-17(19)15(3)4/h20H,1,3,5-13H2,2,4H3. The highest BCUT2D eigenvalue weighted by Crippen LogP contribution is 2.65. The average molecular weight is 505 g/mol. The molecule has 1 N–H and O–H groups in total. The van der Waals surface area contributed by atoms with Crippen molar-refractivity contribution in [3.63, 3.8) is 0 Å². The summed E-state index contributed by atoms with van der Waals surface area (Å²) in [6, 6.07) is 0. The van der Waals surface area contributed by atoms with Crippen molar-refractivity contribution in [2.24, 2.45) is 0 Å². The van der Waals surface area contributed by atoms with E-state index in [0.29, 0.717) is 11.1 Å². The molecule has 0 fully saturated rings. The number of thioether (sulfide) groups is 4. The van der Waals surface area contributed by atoms with Crippen molar-refractivity contribution >= 4 is 91.9 Å². The fourth-order valence-corrected chi connectivity index (χ4v) is 11.7. The molecule has 0 atom stereocenters. The Balaban J connectivity index is 3.57. The highest BCUT2D eigenvalue weighted by atomic mass is 33.1. The Morgan fingerprint density at radius 3 is 1.41 bits per heavy atom. The number of carbonyl (C=O) groups is 2. The van der Waals surface area contributed by atoms with Gasteiger partial charge in [-0.25, -0.2) is 0 Å². The van der Waals surface area contributed by atoms with Gasteiger partial charge in [0, 0.05) is 46.0 Å². The third-order valence-corrected chi connectivity index (χ3v) is 14.7. The molecule has 0 aromatic rings. The van der Waals surface area contributed by atoms with Gasteiger partial charge in [-0.3, -0.25) is 9.59 Å². The van der Waals surface area contributed by atoms with Crippen molar-refractivity contribution in [2.75, 3.05) is 46.0 Å². The summed E-state index contributed by atoms with van der Waals surface area (Å²) < 4.78 is 0. The Kier molecular flexibility index (Phi) is 17.7. The second kappa shape index (κ2) is 16.9. The molecule has 27 heavy (non-hydrogen) atoms. The van der Waals surface area contributed by atoms with Crippen molar-refractivity contribution in [1.82, 2.24) is 0 Å². The van der Waals surface area contributed by atoms with Gasteiger partial charge in [0.05, 0.1) is 0 Å². The van der Waals surface area contributed by atoms with Crippen LogP contribution < -0.4 is 0 Å². The Morgan fingerprint density at radius 2 is 1.07 bits per heavy atom. The average Bonchev–Trinajstić information content (AvgIpc) is 2.59. The topological polar surface area (TPSA) is 54.4 Å². The molecule has 0 spiro atoms. The molecule has 0 aromatic carbocycles. The summed E-state index contributed by atoms with van der Waals surface area (Å²) in [4.78, 5) is 33.2. The minimum absolute atomic E-state index is 0.0679. The van der Waals surface area contributed by atoms with Crippen LogP contribution in [0.2, 0.25) is 0 Å². The summed E-state index contributed by atoms with van der Waals surface area (Å²) in [6.07, 6.45) is 3.98. The van der Waals surface area contributed by atoms with E-state index in [1.807, 2.05) is 0 Å². The van der Waals surface area contributed by atoms with Gasteiger partial charge in [-0.2, -0.15) is 23.5 Å². The van der Waals surface area contributed by atoms with E-state index in [4.69, 9.17) is 0 Å². The van der Waals surface area contributed by atoms with Crippen molar-refractivity contribution in [3.05, 3.63) is 24.3 Å². The molecule has 0 aromatic heterocycles. The van der Waals surface area contributed by atoms with Crippen LogP contribution in [-0.4, -0.2) is 67.4 Å². The van der Waals surface area contributed by atoms with E-state index in [2.05, 4.69) is 19.5 Å². The Hall–Kier alpha value is 1.18. The first-order valence-electron chi connectivity index (χ1n) is 8.21. The van der Waals surface area contributed by atoms with Crippen molar-refractivity contribution in [2.45, 2.75) is 13.8 Å². The first-order chi connectivity index (χ1) is 12.7. The van der Waals surface area contributed by atoms with Gasteiger partial charge in [0.15, 0.2) is 0 Å². The van der Waals surface area contributed by atoms with Crippen LogP contribution in [-0.2, 0) is 9.59 Å². The molecule has 0 unspecified atom stereocenters. The van der Waals surface area contributed by atoms with Gasteiger partial charge in [-0.05, 0) is 25.0 Å². The van der Waals surface area contributed by atoms with Gasteiger partial charge < -0.3 is 4.89 Å². The first kappa shape index (κ1) is 28.2. The largest absolute Gasteiger partial charge is 0.358 e. The molecule has 0 aliphatic rings. The SMILES string of the molecule is C=C(C)C(=O)SCCSCCSP(=C)(O)SCCSCCSC(=O)C(=C)C. The van der Waals surface area contributed by atoms with E-state index in [-0.39, 0.29) is 10.2 Å². The van der Waals surface area contributed by atoms with Crippen molar-refractivity contribution in [3.8, 4) is 0 Å². The van der Waals surface area contributed by atoms with Crippen LogP contribution in [0, 0.1) is 0 Å². The molecule has 0 heterocycles. The highest BCUT2D eigenvalue weighted by molar-refractivity contribution is 8.91. The summed E-state index contributed by atoms with van der Waals surface area (Å²) in [5, 5.41) is 0.136. The summed E-state index contributed by atoms with van der Waals surface area (Å²) in [5.41, 5.74) is -0.999. The molecule has 0 rings (SSSR count). The lowest BCUT2D eigenvalue weighted by molar-refractivity contribution is -0.108. The normalized spacial score (nSPS) is 11.4. The maximum atomic E-state index is 11.4. The van der Waals surface area contributed by atoms with E-state index in [0.717, 1.165) is 46.0 Å². The van der Waals surface area contributed by atoms with Gasteiger partial charge >= 0.3 is 0 Å². The van der Waals surface area contributed by atoms with Gasteiger partial charge in [-0.15, -0.1) is 0 Å². The predicted molar refractivity (Wildman–Crippen MR) is 140 cm³/mol. The van der Waals surface area contributed by atoms with E-state index in [1.54, 1.807) is 60.1 Å². The van der Waals surface area contributed by atoms with E-state index >= 15 is 0 Å². The summed E-state index contributed by atoms with van der Waals surface area (Å²) in [7, 11) is 0. The summed E-state index contributed by atoms with van der Waals surface area (Å²) in [6.45, 7) is 10.7. The van der Waals surface area contributed by atoms with E-state index < -0.39 is 5.52 Å². The minimum atomic E-state index is -2.20. The maximum absolute atomic E-state index is 11.4. The molecular formula is C17H29O3PS6. The second-order valence-corrected chi connectivity index (χ2v) is 18.4. The van der Waals surface area contributed by atoms with Crippen LogP contribution in [0.15, 0.2) is 24.3 Å². The molecule has 0 saturated heterocycles. The second-order valence-electron chi connectivity index (χ2n) is 5.36. The van der Waals surface area contributed by atoms with Crippen LogP contribution in [0.1, 0.15) is 13.8 Å². The Labute approximate surface area is 189 Å². The third-order valence-electron chi connectivity index (χ3n) is 2.66. The van der Waals surface area contributed by atoms with Gasteiger partial charge in [0.2, 0.25) is 10.2 Å². The number of carbonyl (C=O) groups excluding carboxylic acids is 2. The highest BCUT2D eigenvalue weighted by Gasteiger charge is 2.11. The zero-order valence-corrected chi connectivity index (χ0v) is 21.7. The van der Waals surface area contributed by atoms with Crippen LogP contribution >= 0.6 is 75.3 Å². The Bertz CT molecular complexity index is 509. The molecular weight excluding hydrogens is 476 g/mol. The van der Waals surface area contributed by atoms with Crippen LogP contribution in [0.25, 0.3) is 0 Å². The van der Waals surface area contributed by atoms with Gasteiger partial charge in [0.25, 0.3) is 0 Å². The summed E-state index contributed by atoms with van der Waals surface area (Å²) in [5.74, 6) is 7.10. The lowest BCUT2D eigenvalue weighted by atomic mass is 10.4. The van der Waals surface area contributed by atoms with E-state index in [9.17, 15) is 14.5 Å². The summed E-state index contributed by atoms with van der Waals surface area (Å²) >= 11 is 9.36. The number of rotatable bonds is 16.